The van der Waals surface area contributed by atoms with Gasteiger partial charge in [0.05, 0.1) is 21.2 Å². The van der Waals surface area contributed by atoms with Gasteiger partial charge >= 0.3 is 6.03 Å². The Kier molecular flexibility index (Phi) is 13.3. The van der Waals surface area contributed by atoms with E-state index in [0.29, 0.717) is 28.2 Å². The van der Waals surface area contributed by atoms with Crippen LogP contribution in [0.25, 0.3) is 0 Å². The fraction of sp³-hybridized carbons (Fsp3) is 0.323. The van der Waals surface area contributed by atoms with Crippen LogP contribution < -0.4 is 15.2 Å². The molecule has 244 valence electrons. The van der Waals surface area contributed by atoms with Crippen molar-refractivity contribution in [3.05, 3.63) is 89.0 Å². The minimum absolute atomic E-state index is 0.0398. The van der Waals surface area contributed by atoms with E-state index in [1.165, 1.54) is 38.5 Å². The molecule has 0 heterocycles. The van der Waals surface area contributed by atoms with E-state index >= 15 is 0 Å². The number of para-hydroxylation sites is 1. The zero-order valence-electron chi connectivity index (χ0n) is 26.7. The number of anilines is 1. The number of urea groups is 1. The smallest absolute Gasteiger partial charge is 0.333 e. The molecular formula is C31H41N5O7S2. The Morgan fingerprint density at radius 2 is 1.16 bits per heavy atom. The number of nitrogens with one attached hydrogen (secondary N) is 2. The lowest BCUT2D eigenvalue weighted by atomic mass is 9.93. The van der Waals surface area contributed by atoms with Gasteiger partial charge in [-0.25, -0.2) is 31.5 Å². The van der Waals surface area contributed by atoms with Gasteiger partial charge in [-0.05, 0) is 61.1 Å². The van der Waals surface area contributed by atoms with Gasteiger partial charge in [-0.1, -0.05) is 80.5 Å². The summed E-state index contributed by atoms with van der Waals surface area (Å²) in [6.45, 7) is 11.5. The van der Waals surface area contributed by atoms with Gasteiger partial charge in [-0.3, -0.25) is 0 Å². The van der Waals surface area contributed by atoms with Crippen molar-refractivity contribution in [2.24, 2.45) is 15.5 Å². The minimum Gasteiger partial charge on any atom is -0.399 e. The number of sulfonamides is 2. The summed E-state index contributed by atoms with van der Waals surface area (Å²) in [7, 11) is -4.91. The summed E-state index contributed by atoms with van der Waals surface area (Å²) >= 11 is 0. The zero-order chi connectivity index (χ0) is 33.9. The number of amides is 2. The van der Waals surface area contributed by atoms with Crippen molar-refractivity contribution >= 4 is 43.2 Å². The fourth-order valence-corrected chi connectivity index (χ4v) is 5.69. The number of oxime groups is 2. The highest BCUT2D eigenvalue weighted by Crippen LogP contribution is 2.32. The monoisotopic (exact) mass is 659 g/mol. The maximum Gasteiger partial charge on any atom is 0.333 e. The third kappa shape index (κ3) is 10.7. The van der Waals surface area contributed by atoms with Crippen molar-refractivity contribution in [3.8, 4) is 0 Å². The maximum atomic E-state index is 12.8. The molecule has 14 heteroatoms. The summed E-state index contributed by atoms with van der Waals surface area (Å²) in [5.74, 6) is 0.325. The van der Waals surface area contributed by atoms with Gasteiger partial charge < -0.3 is 15.0 Å². The van der Waals surface area contributed by atoms with Crippen LogP contribution in [0, 0.1) is 0 Å². The quantitative estimate of drug-likeness (QED) is 0.189. The van der Waals surface area contributed by atoms with Crippen molar-refractivity contribution in [2.45, 2.75) is 63.2 Å². The van der Waals surface area contributed by atoms with E-state index in [9.17, 15) is 21.6 Å². The van der Waals surface area contributed by atoms with Crippen LogP contribution in [0.2, 0.25) is 0 Å². The zero-order valence-corrected chi connectivity index (χ0v) is 28.3. The van der Waals surface area contributed by atoms with Gasteiger partial charge in [-0.15, -0.1) is 0 Å². The fourth-order valence-electron chi connectivity index (χ4n) is 4.18. The van der Waals surface area contributed by atoms with Gasteiger partial charge in [0.15, 0.2) is 0 Å². The van der Waals surface area contributed by atoms with Crippen LogP contribution in [-0.4, -0.2) is 48.5 Å². The molecule has 0 bridgehead atoms. The van der Waals surface area contributed by atoms with Crippen molar-refractivity contribution < 1.29 is 31.3 Å². The molecule has 12 nitrogen and oxygen atoms in total. The Labute approximate surface area is 265 Å². The predicted molar refractivity (Wildman–Crippen MR) is 177 cm³/mol. The summed E-state index contributed by atoms with van der Waals surface area (Å²) in [6, 6.07) is 17.4. The van der Waals surface area contributed by atoms with Crippen molar-refractivity contribution in [3.63, 3.8) is 0 Å². The van der Waals surface area contributed by atoms with E-state index in [-0.39, 0.29) is 21.6 Å². The topological polar surface area (TPSA) is 179 Å². The van der Waals surface area contributed by atoms with Crippen molar-refractivity contribution in [1.82, 2.24) is 4.72 Å². The lowest BCUT2D eigenvalue weighted by Crippen LogP contribution is -2.35. The number of carbonyl (C=O) groups excluding carboxylic acids is 1. The predicted octanol–water partition coefficient (Wildman–Crippen LogP) is 5.52. The molecule has 0 aliphatic rings. The average Bonchev–Trinajstić information content (AvgIpc) is 2.97. The summed E-state index contributed by atoms with van der Waals surface area (Å²) in [4.78, 5) is 22.0. The van der Waals surface area contributed by atoms with Gasteiger partial charge in [-0.2, -0.15) is 0 Å². The highest BCUT2D eigenvalue weighted by atomic mass is 32.2. The molecule has 0 radical (unpaired) electrons. The molecule has 3 aromatic carbocycles. The molecule has 2 amide bonds. The molecule has 0 fully saturated rings. The van der Waals surface area contributed by atoms with Crippen LogP contribution in [0.15, 0.2) is 86.8 Å². The summed E-state index contributed by atoms with van der Waals surface area (Å²) < 4.78 is 49.8. The largest absolute Gasteiger partial charge is 0.399 e. The van der Waals surface area contributed by atoms with Crippen molar-refractivity contribution in [2.75, 3.05) is 19.5 Å². The second-order valence-corrected chi connectivity index (χ2v) is 13.7. The molecule has 4 N–H and O–H groups in total. The molecule has 0 aromatic heterocycles. The second-order valence-electron chi connectivity index (χ2n) is 10.5. The first-order valence-corrected chi connectivity index (χ1v) is 16.9. The van der Waals surface area contributed by atoms with E-state index in [0.717, 1.165) is 11.1 Å². The van der Waals surface area contributed by atoms with Crippen LogP contribution in [-0.2, 0) is 29.7 Å². The molecule has 0 saturated carbocycles. The third-order valence-corrected chi connectivity index (χ3v) is 8.68. The number of rotatable bonds is 10. The molecule has 0 aliphatic heterocycles. The SMILES string of the molecule is CON=C(C)c1cccc(S(=O)(=O)NC(=O)Nc2c(C(C)C)cccc2C(C)C)c1.CON=C(C)c1cccc(S(N)(=O)=O)c1. The van der Waals surface area contributed by atoms with E-state index in [1.54, 1.807) is 38.1 Å². The van der Waals surface area contributed by atoms with Crippen molar-refractivity contribution in [1.29, 1.82) is 0 Å². The minimum atomic E-state index is -4.07. The Morgan fingerprint density at radius 3 is 1.58 bits per heavy atom. The van der Waals surface area contributed by atoms with E-state index in [2.05, 4.69) is 25.2 Å². The molecule has 0 spiro atoms. The Bertz CT molecular complexity index is 1740. The number of carbonyl (C=O) groups is 1. The van der Waals surface area contributed by atoms with E-state index < -0.39 is 26.1 Å². The number of benzene rings is 3. The van der Waals surface area contributed by atoms with E-state index in [4.69, 9.17) is 9.98 Å². The number of nitrogens with two attached hydrogens (primary N) is 1. The lowest BCUT2D eigenvalue weighted by Gasteiger charge is -2.20. The summed E-state index contributed by atoms with van der Waals surface area (Å²) in [5, 5.41) is 15.3. The standard InChI is InChI=1S/C22H29N3O4S.C9H12N2O3S/c1-14(2)19-11-8-12-20(15(3)4)21(19)23-22(26)25-30(27,28)18-10-7-9-17(13-18)16(5)24-29-6;1-7(11-14-2)8-4-3-5-9(6-8)15(10,12)13/h7-15H,1-6H3,(H2,23,25,26);3-6H,1-2H3,(H2,10,12,13). The molecule has 0 saturated heterocycles. The number of primary sulfonamides is 1. The molecular weight excluding hydrogens is 619 g/mol. The highest BCUT2D eigenvalue weighted by molar-refractivity contribution is 7.90. The Balaban J connectivity index is 0.000000394. The molecule has 45 heavy (non-hydrogen) atoms. The van der Waals surface area contributed by atoms with Gasteiger partial charge in [0.1, 0.15) is 14.2 Å². The van der Waals surface area contributed by atoms with Gasteiger partial charge in [0.25, 0.3) is 10.0 Å². The van der Waals surface area contributed by atoms with Crippen LogP contribution >= 0.6 is 0 Å². The normalized spacial score (nSPS) is 12.3. The first-order valence-electron chi connectivity index (χ1n) is 13.9. The van der Waals surface area contributed by atoms with Crippen LogP contribution in [0.1, 0.15) is 75.6 Å². The molecule has 0 unspecified atom stereocenters. The maximum absolute atomic E-state index is 12.8. The molecule has 3 aromatic rings. The Morgan fingerprint density at radius 1 is 0.733 bits per heavy atom. The van der Waals surface area contributed by atoms with Gasteiger partial charge in [0, 0.05) is 16.8 Å². The van der Waals surface area contributed by atoms with E-state index in [1.807, 2.05) is 45.9 Å². The lowest BCUT2D eigenvalue weighted by molar-refractivity contribution is 0.213. The highest BCUT2D eigenvalue weighted by Gasteiger charge is 2.21. The van der Waals surface area contributed by atoms with Crippen LogP contribution in [0.3, 0.4) is 0 Å². The summed E-state index contributed by atoms with van der Waals surface area (Å²) in [6.07, 6.45) is 0. The Hall–Kier alpha value is -4.27. The number of nitrogens with zero attached hydrogens (tertiary/aromatic N) is 2. The first-order chi connectivity index (χ1) is 21.0. The third-order valence-electron chi connectivity index (χ3n) is 6.44. The van der Waals surface area contributed by atoms with Crippen LogP contribution in [0.5, 0.6) is 0 Å². The summed E-state index contributed by atoms with van der Waals surface area (Å²) in [5.41, 5.74) is 4.88. The van der Waals surface area contributed by atoms with Crippen LogP contribution in [0.4, 0.5) is 10.5 Å². The molecule has 3 rings (SSSR count). The average molecular weight is 660 g/mol. The molecule has 0 aliphatic carbocycles. The number of hydrogen-bond acceptors (Lipinski definition) is 9. The first kappa shape index (κ1) is 36.9. The molecule has 0 atom stereocenters. The number of hydrogen-bond donors (Lipinski definition) is 3. The second kappa shape index (κ2) is 16.2. The van der Waals surface area contributed by atoms with Gasteiger partial charge in [0.2, 0.25) is 10.0 Å².